The van der Waals surface area contributed by atoms with Crippen molar-refractivity contribution in [1.82, 2.24) is 4.90 Å². The molecule has 3 aromatic rings. The standard InChI is InChI=1S/C26H29ClN2O2S/c27-23-10-7-9-22(21-23)26(32(30,31)25-13-5-2-6-14-25)15-8-16-28-17-19-29(20-18-28)24-11-3-1-4-12-24/h1-7,9-14,21,26H,8,15-20H2. The highest BCUT2D eigenvalue weighted by molar-refractivity contribution is 7.91. The van der Waals surface area contributed by atoms with Gasteiger partial charge in [0.05, 0.1) is 10.1 Å². The molecule has 3 aromatic carbocycles. The Labute approximate surface area is 196 Å². The van der Waals surface area contributed by atoms with Crippen LogP contribution in [0, 0.1) is 0 Å². The first-order chi connectivity index (χ1) is 15.5. The highest BCUT2D eigenvalue weighted by Crippen LogP contribution is 2.34. The number of nitrogens with zero attached hydrogens (tertiary/aromatic N) is 2. The maximum absolute atomic E-state index is 13.5. The number of sulfone groups is 1. The molecule has 1 aliphatic heterocycles. The van der Waals surface area contributed by atoms with Crippen LogP contribution in [0.2, 0.25) is 5.02 Å². The monoisotopic (exact) mass is 468 g/mol. The summed E-state index contributed by atoms with van der Waals surface area (Å²) in [6, 6.07) is 26.5. The minimum Gasteiger partial charge on any atom is -0.369 e. The van der Waals surface area contributed by atoms with Crippen molar-refractivity contribution in [1.29, 1.82) is 0 Å². The Bertz CT molecular complexity index is 1100. The number of anilines is 1. The van der Waals surface area contributed by atoms with Gasteiger partial charge in [-0.1, -0.05) is 60.1 Å². The topological polar surface area (TPSA) is 40.6 Å². The fraction of sp³-hybridized carbons (Fsp3) is 0.308. The molecule has 0 aromatic heterocycles. The number of halogens is 1. The summed E-state index contributed by atoms with van der Waals surface area (Å²) < 4.78 is 26.9. The molecular weight excluding hydrogens is 440 g/mol. The molecule has 1 fully saturated rings. The van der Waals surface area contributed by atoms with Crippen LogP contribution >= 0.6 is 11.6 Å². The van der Waals surface area contributed by atoms with Crippen LogP contribution in [0.25, 0.3) is 0 Å². The van der Waals surface area contributed by atoms with Crippen molar-refractivity contribution in [2.24, 2.45) is 0 Å². The van der Waals surface area contributed by atoms with Gasteiger partial charge in [0.1, 0.15) is 0 Å². The first kappa shape index (κ1) is 22.8. The summed E-state index contributed by atoms with van der Waals surface area (Å²) in [5.74, 6) is 0. The molecule has 0 aliphatic carbocycles. The van der Waals surface area contributed by atoms with Gasteiger partial charge < -0.3 is 4.90 Å². The molecule has 1 aliphatic rings. The predicted molar refractivity (Wildman–Crippen MR) is 132 cm³/mol. The Morgan fingerprint density at radius 2 is 1.47 bits per heavy atom. The Morgan fingerprint density at radius 3 is 2.12 bits per heavy atom. The molecule has 4 rings (SSSR count). The normalized spacial score (nSPS) is 16.1. The zero-order valence-electron chi connectivity index (χ0n) is 18.1. The van der Waals surface area contributed by atoms with Gasteiger partial charge in [0.2, 0.25) is 0 Å². The van der Waals surface area contributed by atoms with Crippen molar-refractivity contribution in [3.05, 3.63) is 95.5 Å². The lowest BCUT2D eigenvalue weighted by molar-refractivity contribution is 0.252. The lowest BCUT2D eigenvalue weighted by atomic mass is 10.1. The van der Waals surface area contributed by atoms with Crippen LogP contribution in [-0.2, 0) is 9.84 Å². The SMILES string of the molecule is O=S(=O)(c1ccccc1)C(CCCN1CCN(c2ccccc2)CC1)c1cccc(Cl)c1. The largest absolute Gasteiger partial charge is 0.369 e. The molecule has 1 unspecified atom stereocenters. The quantitative estimate of drug-likeness (QED) is 0.440. The predicted octanol–water partition coefficient (Wildman–Crippen LogP) is 5.46. The van der Waals surface area contributed by atoms with Gasteiger partial charge in [-0.2, -0.15) is 0 Å². The van der Waals surface area contributed by atoms with Crippen LogP contribution in [0.3, 0.4) is 0 Å². The second-order valence-electron chi connectivity index (χ2n) is 8.21. The van der Waals surface area contributed by atoms with Gasteiger partial charge in [0.15, 0.2) is 9.84 Å². The van der Waals surface area contributed by atoms with E-state index >= 15 is 0 Å². The van der Waals surface area contributed by atoms with Gasteiger partial charge in [0, 0.05) is 36.9 Å². The molecule has 0 spiro atoms. The van der Waals surface area contributed by atoms with Crippen LogP contribution in [-0.4, -0.2) is 46.0 Å². The maximum Gasteiger partial charge on any atom is 0.185 e. The van der Waals surface area contributed by atoms with Crippen molar-refractivity contribution in [2.75, 3.05) is 37.6 Å². The van der Waals surface area contributed by atoms with E-state index in [0.29, 0.717) is 16.3 Å². The average molecular weight is 469 g/mol. The summed E-state index contributed by atoms with van der Waals surface area (Å²) in [5.41, 5.74) is 2.03. The van der Waals surface area contributed by atoms with Crippen molar-refractivity contribution < 1.29 is 8.42 Å². The van der Waals surface area contributed by atoms with Crippen LogP contribution in [0.15, 0.2) is 89.8 Å². The second kappa shape index (κ2) is 10.5. The number of hydrogen-bond donors (Lipinski definition) is 0. The first-order valence-electron chi connectivity index (χ1n) is 11.1. The van der Waals surface area contributed by atoms with Crippen LogP contribution in [0.5, 0.6) is 0 Å². The molecule has 6 heteroatoms. The summed E-state index contributed by atoms with van der Waals surface area (Å²) >= 11 is 6.20. The number of para-hydroxylation sites is 1. The van der Waals surface area contributed by atoms with Crippen LogP contribution in [0.4, 0.5) is 5.69 Å². The van der Waals surface area contributed by atoms with Crippen molar-refractivity contribution in [2.45, 2.75) is 23.0 Å². The minimum absolute atomic E-state index is 0.362. The molecule has 168 valence electrons. The molecule has 0 saturated carbocycles. The molecule has 1 saturated heterocycles. The molecule has 1 heterocycles. The third kappa shape index (κ3) is 5.52. The van der Waals surface area contributed by atoms with Gasteiger partial charge in [-0.3, -0.25) is 4.90 Å². The molecule has 0 amide bonds. The van der Waals surface area contributed by atoms with Crippen molar-refractivity contribution in [3.8, 4) is 0 Å². The summed E-state index contributed by atoms with van der Waals surface area (Å²) in [4.78, 5) is 5.20. The van der Waals surface area contributed by atoms with Gasteiger partial charge in [-0.25, -0.2) is 8.42 Å². The van der Waals surface area contributed by atoms with E-state index in [1.807, 2.05) is 24.3 Å². The zero-order valence-corrected chi connectivity index (χ0v) is 19.7. The third-order valence-corrected chi connectivity index (χ3v) is 8.52. The summed E-state index contributed by atoms with van der Waals surface area (Å²) in [5, 5.41) is -0.0398. The fourth-order valence-corrected chi connectivity index (χ4v) is 6.40. The summed E-state index contributed by atoms with van der Waals surface area (Å²) in [6.07, 6.45) is 1.38. The average Bonchev–Trinajstić information content (AvgIpc) is 2.83. The van der Waals surface area contributed by atoms with E-state index in [2.05, 4.69) is 34.1 Å². The summed E-state index contributed by atoms with van der Waals surface area (Å²) in [6.45, 7) is 4.85. The number of piperazine rings is 1. The summed E-state index contributed by atoms with van der Waals surface area (Å²) in [7, 11) is -3.50. The van der Waals surface area contributed by atoms with E-state index < -0.39 is 15.1 Å². The van der Waals surface area contributed by atoms with Crippen molar-refractivity contribution in [3.63, 3.8) is 0 Å². The van der Waals surface area contributed by atoms with E-state index in [0.717, 1.165) is 44.7 Å². The highest BCUT2D eigenvalue weighted by atomic mass is 35.5. The molecular formula is C26H29ClN2O2S. The zero-order chi connectivity index (χ0) is 22.4. The number of hydrogen-bond acceptors (Lipinski definition) is 4. The van der Waals surface area contributed by atoms with E-state index in [1.54, 1.807) is 36.4 Å². The Morgan fingerprint density at radius 1 is 0.812 bits per heavy atom. The third-order valence-electron chi connectivity index (χ3n) is 6.10. The molecule has 0 N–H and O–H groups in total. The van der Waals surface area contributed by atoms with E-state index in [1.165, 1.54) is 5.69 Å². The van der Waals surface area contributed by atoms with Gasteiger partial charge in [-0.05, 0) is 61.3 Å². The number of rotatable bonds is 8. The molecule has 4 nitrogen and oxygen atoms in total. The van der Waals surface area contributed by atoms with E-state index in [9.17, 15) is 8.42 Å². The van der Waals surface area contributed by atoms with Gasteiger partial charge >= 0.3 is 0 Å². The molecule has 0 bridgehead atoms. The highest BCUT2D eigenvalue weighted by Gasteiger charge is 2.29. The van der Waals surface area contributed by atoms with Gasteiger partial charge in [0.25, 0.3) is 0 Å². The maximum atomic E-state index is 13.5. The number of benzene rings is 3. The Kier molecular flexibility index (Phi) is 7.51. The minimum atomic E-state index is -3.50. The molecule has 32 heavy (non-hydrogen) atoms. The second-order valence-corrected chi connectivity index (χ2v) is 10.8. The smallest absolute Gasteiger partial charge is 0.185 e. The Hall–Kier alpha value is -2.34. The first-order valence-corrected chi connectivity index (χ1v) is 13.0. The molecule has 0 radical (unpaired) electrons. The van der Waals surface area contributed by atoms with Crippen molar-refractivity contribution >= 4 is 27.1 Å². The van der Waals surface area contributed by atoms with Crippen LogP contribution < -0.4 is 4.90 Å². The van der Waals surface area contributed by atoms with E-state index in [4.69, 9.17) is 11.6 Å². The fourth-order valence-electron chi connectivity index (χ4n) is 4.35. The molecule has 1 atom stereocenters. The van der Waals surface area contributed by atoms with Gasteiger partial charge in [-0.15, -0.1) is 0 Å². The lowest BCUT2D eigenvalue weighted by Crippen LogP contribution is -2.46. The van der Waals surface area contributed by atoms with Crippen LogP contribution in [0.1, 0.15) is 23.7 Å². The lowest BCUT2D eigenvalue weighted by Gasteiger charge is -2.36. The van der Waals surface area contributed by atoms with E-state index in [-0.39, 0.29) is 0 Å². The Balaban J connectivity index is 1.40.